The van der Waals surface area contributed by atoms with E-state index in [2.05, 4.69) is 50.8 Å². The Hall–Kier alpha value is -1.02. The minimum Gasteiger partial charge on any atom is -0.371 e. The molecule has 1 aromatic rings. The number of aryl methyl sites for hydroxylation is 1. The van der Waals surface area contributed by atoms with Gasteiger partial charge in [-0.1, -0.05) is 39.0 Å². The van der Waals surface area contributed by atoms with Gasteiger partial charge in [0.25, 0.3) is 0 Å². The lowest BCUT2D eigenvalue weighted by Crippen LogP contribution is -2.27. The average molecular weight is 246 g/mol. The Labute approximate surface area is 111 Å². The van der Waals surface area contributed by atoms with Crippen molar-refractivity contribution in [2.75, 3.05) is 18.0 Å². The standard InChI is InChI=1S/C16H26N2/c1-12-6-5-7-13(10-17)15(12)18-9-8-14(11-18)16(2,3)4/h5-7,14H,8-11,17H2,1-4H3. The highest BCUT2D eigenvalue weighted by Crippen LogP contribution is 2.37. The van der Waals surface area contributed by atoms with E-state index in [1.807, 2.05) is 0 Å². The first-order chi connectivity index (χ1) is 8.43. The number of nitrogens with two attached hydrogens (primary N) is 1. The predicted octanol–water partition coefficient (Wildman–Crippen LogP) is 3.33. The van der Waals surface area contributed by atoms with Crippen LogP contribution in [0.2, 0.25) is 0 Å². The summed E-state index contributed by atoms with van der Waals surface area (Å²) in [5, 5.41) is 0. The summed E-state index contributed by atoms with van der Waals surface area (Å²) in [6.45, 7) is 12.2. The lowest BCUT2D eigenvalue weighted by Gasteiger charge is -2.29. The van der Waals surface area contributed by atoms with E-state index in [-0.39, 0.29) is 0 Å². The second-order valence-electron chi connectivity index (χ2n) is 6.58. The number of rotatable bonds is 2. The molecule has 1 aliphatic heterocycles. The summed E-state index contributed by atoms with van der Waals surface area (Å²) in [7, 11) is 0. The molecule has 100 valence electrons. The molecular formula is C16H26N2. The summed E-state index contributed by atoms with van der Waals surface area (Å²) >= 11 is 0. The Kier molecular flexibility index (Phi) is 3.67. The Balaban J connectivity index is 2.24. The van der Waals surface area contributed by atoms with E-state index in [4.69, 9.17) is 5.73 Å². The van der Waals surface area contributed by atoms with Crippen LogP contribution in [0.3, 0.4) is 0 Å². The molecule has 1 heterocycles. The van der Waals surface area contributed by atoms with Gasteiger partial charge in [-0.3, -0.25) is 0 Å². The number of benzene rings is 1. The van der Waals surface area contributed by atoms with Gasteiger partial charge in [-0.25, -0.2) is 0 Å². The molecule has 0 saturated carbocycles. The van der Waals surface area contributed by atoms with Crippen LogP contribution < -0.4 is 10.6 Å². The fraction of sp³-hybridized carbons (Fsp3) is 0.625. The number of para-hydroxylation sites is 1. The Bertz CT molecular complexity index is 418. The highest BCUT2D eigenvalue weighted by molar-refractivity contribution is 5.60. The summed E-state index contributed by atoms with van der Waals surface area (Å²) in [6.07, 6.45) is 1.29. The minimum atomic E-state index is 0.403. The quantitative estimate of drug-likeness (QED) is 0.867. The molecule has 0 bridgehead atoms. The van der Waals surface area contributed by atoms with Gasteiger partial charge in [0.05, 0.1) is 0 Å². The minimum absolute atomic E-state index is 0.403. The maximum atomic E-state index is 5.88. The molecule has 0 amide bonds. The Morgan fingerprint density at radius 1 is 1.33 bits per heavy atom. The van der Waals surface area contributed by atoms with E-state index >= 15 is 0 Å². The van der Waals surface area contributed by atoms with Crippen molar-refractivity contribution in [3.8, 4) is 0 Å². The molecule has 1 unspecified atom stereocenters. The molecule has 18 heavy (non-hydrogen) atoms. The maximum absolute atomic E-state index is 5.88. The molecule has 0 radical (unpaired) electrons. The Morgan fingerprint density at radius 2 is 2.06 bits per heavy atom. The first-order valence-electron chi connectivity index (χ1n) is 6.97. The smallest absolute Gasteiger partial charge is 0.0441 e. The third kappa shape index (κ3) is 2.54. The van der Waals surface area contributed by atoms with Crippen LogP contribution in [0.5, 0.6) is 0 Å². The highest BCUT2D eigenvalue weighted by Gasteiger charge is 2.32. The monoisotopic (exact) mass is 246 g/mol. The van der Waals surface area contributed by atoms with Crippen molar-refractivity contribution in [3.05, 3.63) is 29.3 Å². The van der Waals surface area contributed by atoms with E-state index in [1.54, 1.807) is 0 Å². The molecule has 2 rings (SSSR count). The zero-order valence-electron chi connectivity index (χ0n) is 12.2. The topological polar surface area (TPSA) is 29.3 Å². The zero-order chi connectivity index (χ0) is 13.3. The molecule has 1 atom stereocenters. The van der Waals surface area contributed by atoms with E-state index in [9.17, 15) is 0 Å². The molecule has 1 saturated heterocycles. The molecular weight excluding hydrogens is 220 g/mol. The van der Waals surface area contributed by atoms with Gasteiger partial charge in [0.1, 0.15) is 0 Å². The molecule has 1 aromatic carbocycles. The highest BCUT2D eigenvalue weighted by atomic mass is 15.2. The van der Waals surface area contributed by atoms with Crippen molar-refractivity contribution in [3.63, 3.8) is 0 Å². The predicted molar refractivity (Wildman–Crippen MR) is 78.8 cm³/mol. The fourth-order valence-corrected chi connectivity index (χ4v) is 3.01. The van der Waals surface area contributed by atoms with Gasteiger partial charge in [0, 0.05) is 25.3 Å². The molecule has 0 spiro atoms. The molecule has 0 aliphatic carbocycles. The second kappa shape index (κ2) is 4.93. The van der Waals surface area contributed by atoms with Crippen molar-refractivity contribution in [2.45, 2.75) is 40.7 Å². The van der Waals surface area contributed by atoms with Crippen molar-refractivity contribution in [1.82, 2.24) is 0 Å². The largest absolute Gasteiger partial charge is 0.371 e. The van der Waals surface area contributed by atoms with Gasteiger partial charge in [-0.2, -0.15) is 0 Å². The normalized spacial score (nSPS) is 20.5. The van der Waals surface area contributed by atoms with Gasteiger partial charge in [0.2, 0.25) is 0 Å². The molecule has 0 aromatic heterocycles. The molecule has 2 N–H and O–H groups in total. The molecule has 2 nitrogen and oxygen atoms in total. The first-order valence-corrected chi connectivity index (χ1v) is 6.97. The molecule has 2 heteroatoms. The van der Waals surface area contributed by atoms with Gasteiger partial charge < -0.3 is 10.6 Å². The number of hydrogen-bond acceptors (Lipinski definition) is 2. The van der Waals surface area contributed by atoms with Crippen LogP contribution in [0, 0.1) is 18.3 Å². The molecule has 1 fully saturated rings. The van der Waals surface area contributed by atoms with Crippen LogP contribution in [0.15, 0.2) is 18.2 Å². The number of hydrogen-bond donors (Lipinski definition) is 1. The van der Waals surface area contributed by atoms with Crippen LogP contribution >= 0.6 is 0 Å². The molecule has 1 aliphatic rings. The van der Waals surface area contributed by atoms with Crippen LogP contribution in [-0.4, -0.2) is 13.1 Å². The lowest BCUT2D eigenvalue weighted by molar-refractivity contribution is 0.263. The number of nitrogens with zero attached hydrogens (tertiary/aromatic N) is 1. The summed E-state index contributed by atoms with van der Waals surface area (Å²) in [6, 6.07) is 6.46. The average Bonchev–Trinajstić information content (AvgIpc) is 2.77. The van der Waals surface area contributed by atoms with Gasteiger partial charge in [-0.15, -0.1) is 0 Å². The van der Waals surface area contributed by atoms with Crippen LogP contribution in [0.1, 0.15) is 38.3 Å². The second-order valence-corrected chi connectivity index (χ2v) is 6.58. The third-order valence-electron chi connectivity index (χ3n) is 4.27. The van der Waals surface area contributed by atoms with Gasteiger partial charge in [-0.05, 0) is 35.8 Å². The Morgan fingerprint density at radius 3 is 2.61 bits per heavy atom. The summed E-state index contributed by atoms with van der Waals surface area (Å²) in [4.78, 5) is 2.54. The zero-order valence-corrected chi connectivity index (χ0v) is 12.2. The van der Waals surface area contributed by atoms with E-state index < -0.39 is 0 Å². The summed E-state index contributed by atoms with van der Waals surface area (Å²) in [5.41, 5.74) is 10.3. The van der Waals surface area contributed by atoms with Crippen LogP contribution in [0.25, 0.3) is 0 Å². The first kappa shape index (κ1) is 13.4. The van der Waals surface area contributed by atoms with Gasteiger partial charge in [0.15, 0.2) is 0 Å². The van der Waals surface area contributed by atoms with E-state index in [1.165, 1.54) is 36.3 Å². The summed E-state index contributed by atoms with van der Waals surface area (Å²) in [5.74, 6) is 0.780. The lowest BCUT2D eigenvalue weighted by atomic mass is 9.80. The van der Waals surface area contributed by atoms with Crippen molar-refractivity contribution in [2.24, 2.45) is 17.1 Å². The van der Waals surface area contributed by atoms with Crippen LogP contribution in [0.4, 0.5) is 5.69 Å². The van der Waals surface area contributed by atoms with E-state index in [0.29, 0.717) is 12.0 Å². The van der Waals surface area contributed by atoms with Crippen LogP contribution in [-0.2, 0) is 6.54 Å². The fourth-order valence-electron chi connectivity index (χ4n) is 3.01. The third-order valence-corrected chi connectivity index (χ3v) is 4.27. The van der Waals surface area contributed by atoms with E-state index in [0.717, 1.165) is 5.92 Å². The maximum Gasteiger partial charge on any atom is 0.0441 e. The van der Waals surface area contributed by atoms with Crippen molar-refractivity contribution in [1.29, 1.82) is 0 Å². The SMILES string of the molecule is Cc1cccc(CN)c1N1CCC(C(C)(C)C)C1. The van der Waals surface area contributed by atoms with Crippen molar-refractivity contribution >= 4 is 5.69 Å². The summed E-state index contributed by atoms with van der Waals surface area (Å²) < 4.78 is 0. The van der Waals surface area contributed by atoms with Gasteiger partial charge >= 0.3 is 0 Å². The van der Waals surface area contributed by atoms with Crippen molar-refractivity contribution < 1.29 is 0 Å². The number of anilines is 1.